The summed E-state index contributed by atoms with van der Waals surface area (Å²) in [5.74, 6) is 0. The van der Waals surface area contributed by atoms with Crippen LogP contribution in [0, 0.1) is 0 Å². The van der Waals surface area contributed by atoms with Crippen molar-refractivity contribution in [1.82, 2.24) is 0 Å². The summed E-state index contributed by atoms with van der Waals surface area (Å²) in [5, 5.41) is 0. The molecule has 0 aliphatic heterocycles. The first kappa shape index (κ1) is 19.7. The van der Waals surface area contributed by atoms with Gasteiger partial charge in [0.05, 0.1) is 0 Å². The summed E-state index contributed by atoms with van der Waals surface area (Å²) in [7, 11) is 9.86. The quantitative estimate of drug-likeness (QED) is 0.656. The van der Waals surface area contributed by atoms with Crippen LogP contribution in [0.25, 0.3) is 0 Å². The van der Waals surface area contributed by atoms with Crippen molar-refractivity contribution in [3.8, 4) is 0 Å². The molecular formula is C8H22Cl2N2W. The molecule has 4 N–H and O–H groups in total. The summed E-state index contributed by atoms with van der Waals surface area (Å²) in [6, 6.07) is 0. The molecule has 0 spiro atoms. The normalized spacial score (nSPS) is 10.6. The third kappa shape index (κ3) is 1170. The van der Waals surface area contributed by atoms with Crippen LogP contribution in [-0.2, 0) is 16.5 Å². The monoisotopic (exact) mass is 400 g/mol. The molecule has 0 rings (SSSR count). The molecule has 0 amide bonds. The predicted molar refractivity (Wildman–Crippen MR) is 59.6 cm³/mol. The molecule has 13 heavy (non-hydrogen) atoms. The summed E-state index contributed by atoms with van der Waals surface area (Å²) < 4.78 is 0. The van der Waals surface area contributed by atoms with Crippen LogP contribution < -0.4 is 11.5 Å². The summed E-state index contributed by atoms with van der Waals surface area (Å²) in [6.07, 6.45) is 0. The maximum atomic E-state index is 5.35. The Morgan fingerprint density at radius 2 is 0.769 bits per heavy atom. The second-order valence-electron chi connectivity index (χ2n) is 4.79. The number of hydrogen-bond donors (Lipinski definition) is 2. The van der Waals surface area contributed by atoms with Gasteiger partial charge < -0.3 is 11.5 Å². The molecule has 0 aliphatic carbocycles. The number of hydrogen-bond acceptors (Lipinski definition) is 2. The van der Waals surface area contributed by atoms with Crippen molar-refractivity contribution in [3.63, 3.8) is 0 Å². The van der Waals surface area contributed by atoms with Gasteiger partial charge in [0.15, 0.2) is 0 Å². The fraction of sp³-hybridized carbons (Fsp3) is 1.00. The fourth-order valence-electron chi connectivity index (χ4n) is 0. The van der Waals surface area contributed by atoms with Crippen LogP contribution in [0.15, 0.2) is 0 Å². The van der Waals surface area contributed by atoms with Crippen molar-refractivity contribution in [2.24, 2.45) is 11.5 Å². The summed E-state index contributed by atoms with van der Waals surface area (Å²) >= 11 is -0.806. The first-order chi connectivity index (χ1) is 5.41. The molecule has 5 heteroatoms. The van der Waals surface area contributed by atoms with E-state index in [0.717, 1.165) is 0 Å². The molecule has 0 unspecified atom stereocenters. The van der Waals surface area contributed by atoms with Gasteiger partial charge in [-0.2, -0.15) is 0 Å². The van der Waals surface area contributed by atoms with E-state index in [4.69, 9.17) is 30.3 Å². The molecule has 0 aromatic heterocycles. The second-order valence-corrected chi connectivity index (χ2v) is 9.03. The minimum atomic E-state index is -0.806. The minimum absolute atomic E-state index is 0. The molecular weight excluding hydrogens is 379 g/mol. The number of nitrogens with two attached hydrogens (primary N) is 2. The zero-order valence-corrected chi connectivity index (χ0v) is 13.8. The molecule has 2 nitrogen and oxygen atoms in total. The fourth-order valence-corrected chi connectivity index (χ4v) is 0. The van der Waals surface area contributed by atoms with Gasteiger partial charge in [-0.3, -0.25) is 0 Å². The van der Waals surface area contributed by atoms with Crippen molar-refractivity contribution in [2.45, 2.75) is 52.6 Å². The van der Waals surface area contributed by atoms with E-state index in [0.29, 0.717) is 0 Å². The van der Waals surface area contributed by atoms with Gasteiger partial charge in [0.2, 0.25) is 0 Å². The van der Waals surface area contributed by atoms with Crippen molar-refractivity contribution >= 4 is 18.8 Å². The zero-order valence-electron chi connectivity index (χ0n) is 9.32. The SMILES string of the molecule is CC(C)(C)N.CC(C)(C)N.[Cl][W][Cl]. The van der Waals surface area contributed by atoms with E-state index < -0.39 is 16.5 Å². The van der Waals surface area contributed by atoms with Crippen molar-refractivity contribution in [3.05, 3.63) is 0 Å². The van der Waals surface area contributed by atoms with E-state index in [2.05, 4.69) is 0 Å². The Bertz CT molecular complexity index is 73.3. The van der Waals surface area contributed by atoms with Crippen molar-refractivity contribution in [1.29, 1.82) is 0 Å². The molecule has 0 bridgehead atoms. The summed E-state index contributed by atoms with van der Waals surface area (Å²) in [4.78, 5) is 0. The standard InChI is InChI=1S/2C4H11N.2ClH.W/c2*1-4(2,3)5;;;/h2*5H2,1-3H3;2*1H;/q;;;;+2/p-2. The van der Waals surface area contributed by atoms with E-state index in [1.54, 1.807) is 0 Å². The van der Waals surface area contributed by atoms with Gasteiger partial charge in [-0.05, 0) is 41.5 Å². The number of rotatable bonds is 0. The van der Waals surface area contributed by atoms with Crippen LogP contribution in [0.4, 0.5) is 0 Å². The van der Waals surface area contributed by atoms with E-state index in [1.165, 1.54) is 0 Å². The maximum absolute atomic E-state index is 5.35. The molecule has 0 aromatic carbocycles. The Labute approximate surface area is 99.1 Å². The average molecular weight is 401 g/mol. The average Bonchev–Trinajstić information content (AvgIpc) is 1.52. The first-order valence-corrected chi connectivity index (χ1v) is 11.2. The molecule has 0 saturated carbocycles. The topological polar surface area (TPSA) is 52.0 Å². The zero-order chi connectivity index (χ0) is 11.7. The van der Waals surface area contributed by atoms with Crippen molar-refractivity contribution < 1.29 is 16.5 Å². The van der Waals surface area contributed by atoms with Gasteiger partial charge in [0, 0.05) is 11.1 Å². The molecule has 0 saturated heterocycles. The Morgan fingerprint density at radius 3 is 0.769 bits per heavy atom. The Morgan fingerprint density at radius 1 is 0.769 bits per heavy atom. The van der Waals surface area contributed by atoms with Crippen molar-refractivity contribution in [2.75, 3.05) is 0 Å². The van der Waals surface area contributed by atoms with Gasteiger partial charge in [0.1, 0.15) is 0 Å². The van der Waals surface area contributed by atoms with Crippen LogP contribution in [0.3, 0.4) is 0 Å². The molecule has 0 heterocycles. The first-order valence-electron chi connectivity index (χ1n) is 3.89. The van der Waals surface area contributed by atoms with Crippen LogP contribution in [-0.4, -0.2) is 11.1 Å². The van der Waals surface area contributed by atoms with Gasteiger partial charge >= 0.3 is 35.3 Å². The Hall–Kier alpha value is 1.19. The molecule has 0 radical (unpaired) electrons. The molecule has 0 aliphatic rings. The second kappa shape index (κ2) is 9.73. The number of halogens is 2. The Kier molecular flexibility index (Phi) is 14.8. The van der Waals surface area contributed by atoms with E-state index in [9.17, 15) is 0 Å². The van der Waals surface area contributed by atoms with Gasteiger partial charge in [0.25, 0.3) is 0 Å². The molecule has 0 fully saturated rings. The third-order valence-corrected chi connectivity index (χ3v) is 0. The predicted octanol–water partition coefficient (Wildman–Crippen LogP) is 2.86. The van der Waals surface area contributed by atoms with Gasteiger partial charge in [-0.15, -0.1) is 0 Å². The van der Waals surface area contributed by atoms with E-state index >= 15 is 0 Å². The third-order valence-electron chi connectivity index (χ3n) is 0. The molecule has 0 atom stereocenters. The van der Waals surface area contributed by atoms with Crippen LogP contribution in [0.1, 0.15) is 41.5 Å². The van der Waals surface area contributed by atoms with Crippen LogP contribution in [0.2, 0.25) is 0 Å². The summed E-state index contributed by atoms with van der Waals surface area (Å²) in [6.45, 7) is 11.8. The van der Waals surface area contributed by atoms with Gasteiger partial charge in [-0.25, -0.2) is 0 Å². The van der Waals surface area contributed by atoms with E-state index in [-0.39, 0.29) is 11.1 Å². The van der Waals surface area contributed by atoms with Crippen LogP contribution >= 0.6 is 18.8 Å². The van der Waals surface area contributed by atoms with E-state index in [1.807, 2.05) is 41.5 Å². The summed E-state index contributed by atoms with van der Waals surface area (Å²) in [5.41, 5.74) is 10.7. The Balaban J connectivity index is -0.000000120. The van der Waals surface area contributed by atoms with Crippen LogP contribution in [0.5, 0.6) is 0 Å². The van der Waals surface area contributed by atoms with Gasteiger partial charge in [-0.1, -0.05) is 0 Å². The molecule has 84 valence electrons. The molecule has 0 aromatic rings.